The second-order valence-corrected chi connectivity index (χ2v) is 10.7. The second kappa shape index (κ2) is 7.72. The molecular weight excluding hydrogens is 480 g/mol. The van der Waals surface area contributed by atoms with Gasteiger partial charge in [0.15, 0.2) is 0 Å². The van der Waals surface area contributed by atoms with E-state index in [0.717, 1.165) is 46.6 Å². The molecule has 2 atom stereocenters. The Morgan fingerprint density at radius 1 is 1.38 bits per heavy atom. The van der Waals surface area contributed by atoms with Gasteiger partial charge in [-0.15, -0.1) is 0 Å². The fourth-order valence-corrected chi connectivity index (χ4v) is 6.33. The fourth-order valence-electron chi connectivity index (χ4n) is 4.82. The van der Waals surface area contributed by atoms with Crippen LogP contribution in [0.15, 0.2) is 34.9 Å². The number of rotatable bonds is 5. The molecule has 1 aliphatic heterocycles. The molecule has 2 unspecified atom stereocenters. The van der Waals surface area contributed by atoms with Crippen LogP contribution in [0, 0.1) is 5.92 Å². The Kier molecular flexibility index (Phi) is 5.57. The number of hydrogen-bond acceptors (Lipinski definition) is 5. The molecule has 1 N–H and O–H groups in total. The third-order valence-electron chi connectivity index (χ3n) is 5.97. The van der Waals surface area contributed by atoms with Crippen molar-refractivity contribution in [3.05, 3.63) is 51.1 Å². The van der Waals surface area contributed by atoms with E-state index >= 15 is 0 Å². The minimum absolute atomic E-state index is 0.0890. The van der Waals surface area contributed by atoms with E-state index in [4.69, 9.17) is 16.3 Å². The maximum Gasteiger partial charge on any atom is 0.265 e. The SMILES string of the molecule is COc1ccc(CN2CC3(CCC(CS(=O)(=O)O)C3)c3c2ncc(Br)c3Cl)cc1. The maximum atomic E-state index is 11.4. The van der Waals surface area contributed by atoms with Gasteiger partial charge in [-0.05, 0) is 58.8 Å². The van der Waals surface area contributed by atoms with Gasteiger partial charge in [-0.1, -0.05) is 23.7 Å². The van der Waals surface area contributed by atoms with Crippen molar-refractivity contribution in [2.24, 2.45) is 5.92 Å². The first-order valence-corrected chi connectivity index (χ1v) is 12.2. The van der Waals surface area contributed by atoms with Gasteiger partial charge in [0, 0.05) is 30.3 Å². The van der Waals surface area contributed by atoms with Gasteiger partial charge in [0.2, 0.25) is 0 Å². The molecule has 1 spiro atoms. The summed E-state index contributed by atoms with van der Waals surface area (Å²) in [4.78, 5) is 6.87. The van der Waals surface area contributed by atoms with Gasteiger partial charge in [-0.3, -0.25) is 4.55 Å². The number of hydrogen-bond donors (Lipinski definition) is 1. The number of aromatic nitrogens is 1. The van der Waals surface area contributed by atoms with Crippen molar-refractivity contribution in [2.45, 2.75) is 31.2 Å². The molecule has 6 nitrogen and oxygen atoms in total. The van der Waals surface area contributed by atoms with E-state index in [1.54, 1.807) is 13.3 Å². The molecule has 29 heavy (non-hydrogen) atoms. The quantitative estimate of drug-likeness (QED) is 0.610. The van der Waals surface area contributed by atoms with Crippen LogP contribution in [0.25, 0.3) is 0 Å². The lowest BCUT2D eigenvalue weighted by Crippen LogP contribution is -2.32. The number of methoxy groups -OCH3 is 1. The fraction of sp³-hybridized carbons (Fsp3) is 0.450. The largest absolute Gasteiger partial charge is 0.497 e. The van der Waals surface area contributed by atoms with Crippen LogP contribution in [0.2, 0.25) is 5.02 Å². The first-order chi connectivity index (χ1) is 13.7. The van der Waals surface area contributed by atoms with Crippen molar-refractivity contribution in [1.82, 2.24) is 4.98 Å². The Morgan fingerprint density at radius 2 is 2.10 bits per heavy atom. The average Bonchev–Trinajstić information content (AvgIpc) is 3.18. The summed E-state index contributed by atoms with van der Waals surface area (Å²) in [6.07, 6.45) is 3.93. The van der Waals surface area contributed by atoms with Gasteiger partial charge in [0.1, 0.15) is 11.6 Å². The Balaban J connectivity index is 1.66. The van der Waals surface area contributed by atoms with Crippen LogP contribution >= 0.6 is 27.5 Å². The van der Waals surface area contributed by atoms with Gasteiger partial charge >= 0.3 is 0 Å². The monoisotopic (exact) mass is 500 g/mol. The lowest BCUT2D eigenvalue weighted by Gasteiger charge is -2.26. The minimum Gasteiger partial charge on any atom is -0.497 e. The first-order valence-electron chi connectivity index (χ1n) is 9.38. The maximum absolute atomic E-state index is 11.4. The van der Waals surface area contributed by atoms with E-state index < -0.39 is 10.1 Å². The predicted molar refractivity (Wildman–Crippen MR) is 116 cm³/mol. The van der Waals surface area contributed by atoms with E-state index in [0.29, 0.717) is 18.0 Å². The molecule has 1 saturated carbocycles. The smallest absolute Gasteiger partial charge is 0.265 e. The number of fused-ring (bicyclic) bond motifs is 2. The number of pyridine rings is 1. The summed E-state index contributed by atoms with van der Waals surface area (Å²) < 4.78 is 38.1. The standard InChI is InChI=1S/C20H22BrClN2O4S/c1-28-15-4-2-13(3-5-15)10-24-12-20(7-6-14(8-20)11-29(25,26)27)17-18(22)16(21)9-23-19(17)24/h2-5,9,14H,6-8,10-12H2,1H3,(H,25,26,27). The van der Waals surface area contributed by atoms with Crippen LogP contribution in [0.5, 0.6) is 5.75 Å². The van der Waals surface area contributed by atoms with E-state index in [2.05, 4.69) is 25.8 Å². The Labute approximate surface area is 184 Å². The zero-order valence-corrected chi connectivity index (χ0v) is 19.1. The van der Waals surface area contributed by atoms with Crippen molar-refractivity contribution in [1.29, 1.82) is 0 Å². The molecule has 156 valence electrons. The Bertz CT molecular complexity index is 1030. The zero-order chi connectivity index (χ0) is 20.8. The summed E-state index contributed by atoms with van der Waals surface area (Å²) in [5.74, 6) is 1.36. The number of ether oxygens (including phenoxy) is 1. The molecule has 0 amide bonds. The predicted octanol–water partition coefficient (Wildman–Crippen LogP) is 4.45. The Hall–Kier alpha value is -1.35. The lowest BCUT2D eigenvalue weighted by atomic mass is 9.80. The van der Waals surface area contributed by atoms with Crippen molar-refractivity contribution < 1.29 is 17.7 Å². The van der Waals surface area contributed by atoms with Crippen LogP contribution in [-0.2, 0) is 22.1 Å². The topological polar surface area (TPSA) is 79.7 Å². The molecule has 9 heteroatoms. The summed E-state index contributed by atoms with van der Waals surface area (Å²) in [5.41, 5.74) is 1.85. The molecule has 4 rings (SSSR count). The van der Waals surface area contributed by atoms with Crippen LogP contribution in [0.3, 0.4) is 0 Å². The average molecular weight is 502 g/mol. The van der Waals surface area contributed by atoms with Gasteiger partial charge in [-0.25, -0.2) is 4.98 Å². The molecule has 2 heterocycles. The van der Waals surface area contributed by atoms with Crippen LogP contribution in [0.4, 0.5) is 5.82 Å². The molecule has 1 aromatic carbocycles. The lowest BCUT2D eigenvalue weighted by molar-refractivity contribution is 0.414. The summed E-state index contributed by atoms with van der Waals surface area (Å²) in [6.45, 7) is 1.40. The molecule has 2 aromatic rings. The highest BCUT2D eigenvalue weighted by atomic mass is 79.9. The number of halogens is 2. The highest BCUT2D eigenvalue weighted by Crippen LogP contribution is 2.55. The second-order valence-electron chi connectivity index (χ2n) is 7.96. The summed E-state index contributed by atoms with van der Waals surface area (Å²) >= 11 is 10.2. The van der Waals surface area contributed by atoms with Crippen LogP contribution in [-0.4, -0.2) is 37.4 Å². The van der Waals surface area contributed by atoms with E-state index in [9.17, 15) is 13.0 Å². The number of nitrogens with zero attached hydrogens (tertiary/aromatic N) is 2. The molecule has 1 aromatic heterocycles. The third-order valence-corrected chi connectivity index (χ3v) is 8.08. The third kappa shape index (κ3) is 4.13. The van der Waals surface area contributed by atoms with E-state index in [1.165, 1.54) is 0 Å². The molecule has 0 radical (unpaired) electrons. The van der Waals surface area contributed by atoms with Crippen molar-refractivity contribution in [3.63, 3.8) is 0 Å². The number of benzene rings is 1. The molecule has 1 fully saturated rings. The van der Waals surface area contributed by atoms with Crippen molar-refractivity contribution in [2.75, 3.05) is 24.3 Å². The van der Waals surface area contributed by atoms with Gasteiger partial charge < -0.3 is 9.64 Å². The molecule has 0 bridgehead atoms. The molecule has 2 aliphatic rings. The minimum atomic E-state index is -4.00. The van der Waals surface area contributed by atoms with E-state index in [1.807, 2.05) is 24.3 Å². The van der Waals surface area contributed by atoms with Crippen molar-refractivity contribution >= 4 is 43.5 Å². The van der Waals surface area contributed by atoms with Crippen LogP contribution < -0.4 is 9.64 Å². The Morgan fingerprint density at radius 3 is 2.76 bits per heavy atom. The first kappa shape index (κ1) is 20.9. The van der Waals surface area contributed by atoms with Gasteiger partial charge in [0.25, 0.3) is 10.1 Å². The summed E-state index contributed by atoms with van der Waals surface area (Å²) in [7, 11) is -2.36. The van der Waals surface area contributed by atoms with E-state index in [-0.39, 0.29) is 17.1 Å². The summed E-state index contributed by atoms with van der Waals surface area (Å²) in [6, 6.07) is 7.92. The molecule has 0 saturated heterocycles. The van der Waals surface area contributed by atoms with Crippen molar-refractivity contribution in [3.8, 4) is 5.75 Å². The normalized spacial score (nSPS) is 23.6. The van der Waals surface area contributed by atoms with Gasteiger partial charge in [-0.2, -0.15) is 8.42 Å². The number of anilines is 1. The van der Waals surface area contributed by atoms with Crippen LogP contribution in [0.1, 0.15) is 30.4 Å². The zero-order valence-electron chi connectivity index (χ0n) is 15.9. The molecular formula is C20H22BrClN2O4S. The highest BCUT2D eigenvalue weighted by molar-refractivity contribution is 9.10. The molecule has 1 aliphatic carbocycles. The highest BCUT2D eigenvalue weighted by Gasteiger charge is 2.50. The summed E-state index contributed by atoms with van der Waals surface area (Å²) in [5, 5.41) is 0.639. The van der Waals surface area contributed by atoms with Gasteiger partial charge in [0.05, 0.1) is 22.4 Å².